The van der Waals surface area contributed by atoms with Gasteiger partial charge in [-0.15, -0.1) is 11.3 Å². The Balaban J connectivity index is 1.70. The summed E-state index contributed by atoms with van der Waals surface area (Å²) in [6.45, 7) is 0. The average molecular weight is 474 g/mol. The normalized spacial score (nSPS) is 12.4. The van der Waals surface area contributed by atoms with E-state index in [1.54, 1.807) is 0 Å². The van der Waals surface area contributed by atoms with E-state index < -0.39 is 0 Å². The van der Waals surface area contributed by atoms with Gasteiger partial charge >= 0.3 is 0 Å². The fourth-order valence-electron chi connectivity index (χ4n) is 6.43. The van der Waals surface area contributed by atoms with Gasteiger partial charge in [0.15, 0.2) is 0 Å². The summed E-state index contributed by atoms with van der Waals surface area (Å²) in [7, 11) is 0. The van der Waals surface area contributed by atoms with Crippen molar-refractivity contribution in [3.05, 3.63) is 115 Å². The fourth-order valence-corrected chi connectivity index (χ4v) is 7.56. The van der Waals surface area contributed by atoms with E-state index in [4.69, 9.17) is 0 Å². The molecule has 0 saturated carbocycles. The average Bonchev–Trinajstić information content (AvgIpc) is 3.50. The molecule has 0 unspecified atom stereocenters. The van der Waals surface area contributed by atoms with Crippen LogP contribution in [0.3, 0.4) is 0 Å². The molecule has 2 heteroatoms. The quantitative estimate of drug-likeness (QED) is 0.193. The van der Waals surface area contributed by atoms with Crippen molar-refractivity contribution in [2.45, 2.75) is 0 Å². The topological polar surface area (TPSA) is 4.41 Å². The Bertz CT molecular complexity index is 2370. The highest BCUT2D eigenvalue weighted by Crippen LogP contribution is 2.45. The van der Waals surface area contributed by atoms with Crippen LogP contribution in [0.1, 0.15) is 0 Å². The summed E-state index contributed by atoms with van der Waals surface area (Å²) in [6.07, 6.45) is 0. The molecule has 166 valence electrons. The van der Waals surface area contributed by atoms with Crippen molar-refractivity contribution in [3.63, 3.8) is 0 Å². The molecule has 36 heavy (non-hydrogen) atoms. The summed E-state index contributed by atoms with van der Waals surface area (Å²) in [5.74, 6) is 0. The molecule has 6 aromatic carbocycles. The van der Waals surface area contributed by atoms with Gasteiger partial charge in [-0.25, -0.2) is 0 Å². The van der Waals surface area contributed by atoms with Crippen molar-refractivity contribution in [2.24, 2.45) is 0 Å². The molecule has 3 heterocycles. The molecule has 0 bridgehead atoms. The SMILES string of the molecule is c1ccc2c(c1)cc1c3c4ccccc4c4ccccc4c3c3cc4sc5ccccc5c4cc3n21. The summed E-state index contributed by atoms with van der Waals surface area (Å²) in [5.41, 5.74) is 3.81. The molecule has 0 aliphatic rings. The van der Waals surface area contributed by atoms with Crippen molar-refractivity contribution >= 4 is 91.1 Å². The zero-order valence-corrected chi connectivity index (χ0v) is 20.1. The zero-order chi connectivity index (χ0) is 23.4. The number of pyridine rings is 1. The lowest BCUT2D eigenvalue weighted by molar-refractivity contribution is 1.35. The van der Waals surface area contributed by atoms with Gasteiger partial charge in [-0.05, 0) is 51.9 Å². The lowest BCUT2D eigenvalue weighted by Gasteiger charge is -2.16. The summed E-state index contributed by atoms with van der Waals surface area (Å²) < 4.78 is 5.19. The highest BCUT2D eigenvalue weighted by atomic mass is 32.1. The van der Waals surface area contributed by atoms with Gasteiger partial charge in [0.2, 0.25) is 0 Å². The van der Waals surface area contributed by atoms with E-state index in [0.717, 1.165) is 0 Å². The Morgan fingerprint density at radius 3 is 1.83 bits per heavy atom. The minimum atomic E-state index is 1.26. The van der Waals surface area contributed by atoms with E-state index >= 15 is 0 Å². The van der Waals surface area contributed by atoms with E-state index in [2.05, 4.69) is 120 Å². The zero-order valence-electron chi connectivity index (χ0n) is 19.3. The van der Waals surface area contributed by atoms with Crippen LogP contribution in [-0.2, 0) is 0 Å². The van der Waals surface area contributed by atoms with E-state index in [-0.39, 0.29) is 0 Å². The third-order valence-electron chi connectivity index (χ3n) is 7.91. The van der Waals surface area contributed by atoms with Crippen LogP contribution in [0.2, 0.25) is 0 Å². The minimum Gasteiger partial charge on any atom is -0.309 e. The molecular formula is C34H19NS. The van der Waals surface area contributed by atoms with Crippen molar-refractivity contribution in [3.8, 4) is 0 Å². The van der Waals surface area contributed by atoms with E-state index in [9.17, 15) is 0 Å². The maximum absolute atomic E-state index is 2.50. The van der Waals surface area contributed by atoms with Gasteiger partial charge in [-0.2, -0.15) is 0 Å². The minimum absolute atomic E-state index is 1.26. The molecule has 9 aromatic rings. The van der Waals surface area contributed by atoms with E-state index in [1.165, 1.54) is 79.8 Å². The van der Waals surface area contributed by atoms with E-state index in [0.29, 0.717) is 0 Å². The van der Waals surface area contributed by atoms with Crippen molar-refractivity contribution in [2.75, 3.05) is 0 Å². The Morgan fingerprint density at radius 2 is 1.03 bits per heavy atom. The predicted molar refractivity (Wildman–Crippen MR) is 158 cm³/mol. The number of nitrogens with zero attached hydrogens (tertiary/aromatic N) is 1. The van der Waals surface area contributed by atoms with Crippen LogP contribution in [0.4, 0.5) is 0 Å². The van der Waals surface area contributed by atoms with Gasteiger partial charge in [-0.1, -0.05) is 84.9 Å². The molecule has 0 aliphatic heterocycles. The molecule has 0 radical (unpaired) electrons. The monoisotopic (exact) mass is 473 g/mol. The van der Waals surface area contributed by atoms with Gasteiger partial charge in [0.25, 0.3) is 0 Å². The fraction of sp³-hybridized carbons (Fsp3) is 0. The van der Waals surface area contributed by atoms with Gasteiger partial charge in [-0.3, -0.25) is 0 Å². The summed E-state index contributed by atoms with van der Waals surface area (Å²) in [4.78, 5) is 0. The number of fused-ring (bicyclic) bond motifs is 16. The molecule has 0 N–H and O–H groups in total. The number of para-hydroxylation sites is 1. The molecule has 3 aromatic heterocycles. The third-order valence-corrected chi connectivity index (χ3v) is 9.04. The molecule has 1 nitrogen and oxygen atoms in total. The first-order valence-corrected chi connectivity index (χ1v) is 13.2. The molecule has 0 saturated heterocycles. The number of benzene rings is 6. The van der Waals surface area contributed by atoms with Gasteiger partial charge < -0.3 is 4.40 Å². The second-order valence-electron chi connectivity index (χ2n) is 9.73. The van der Waals surface area contributed by atoms with E-state index in [1.807, 2.05) is 11.3 Å². The predicted octanol–water partition coefficient (Wildman–Crippen LogP) is 10.1. The highest BCUT2D eigenvalue weighted by molar-refractivity contribution is 7.25. The van der Waals surface area contributed by atoms with Crippen LogP contribution in [0.5, 0.6) is 0 Å². The van der Waals surface area contributed by atoms with Crippen molar-refractivity contribution < 1.29 is 0 Å². The van der Waals surface area contributed by atoms with Crippen LogP contribution >= 0.6 is 11.3 Å². The third kappa shape index (κ3) is 2.26. The van der Waals surface area contributed by atoms with Crippen LogP contribution in [0.25, 0.3) is 79.8 Å². The molecule has 0 spiro atoms. The van der Waals surface area contributed by atoms with Crippen molar-refractivity contribution in [1.82, 2.24) is 4.40 Å². The Hall–Kier alpha value is -4.40. The Labute approximate surface area is 210 Å². The lowest BCUT2D eigenvalue weighted by Crippen LogP contribution is -1.93. The number of hydrogen-bond donors (Lipinski definition) is 0. The maximum atomic E-state index is 2.50. The number of rotatable bonds is 0. The summed E-state index contributed by atoms with van der Waals surface area (Å²) in [6, 6.07) is 42.7. The van der Waals surface area contributed by atoms with Crippen molar-refractivity contribution in [1.29, 1.82) is 0 Å². The Kier molecular flexibility index (Phi) is 3.47. The van der Waals surface area contributed by atoms with Gasteiger partial charge in [0.05, 0.1) is 16.6 Å². The molecule has 0 aliphatic carbocycles. The standard InChI is InChI=1S/C34H19NS/c1-7-15-28-20(9-1)17-30-34-25-14-5-3-11-22(25)21-10-2-4-13-24(21)33(34)27-19-32-26(18-29(27)35(28)30)23-12-6-8-16-31(23)36-32/h1-19H. The van der Waals surface area contributed by atoms with Crippen LogP contribution in [-0.4, -0.2) is 4.40 Å². The number of aromatic nitrogens is 1. The lowest BCUT2D eigenvalue weighted by atomic mass is 9.92. The smallest absolute Gasteiger partial charge is 0.0554 e. The largest absolute Gasteiger partial charge is 0.309 e. The molecular weight excluding hydrogens is 454 g/mol. The first kappa shape index (κ1) is 18.9. The molecule has 0 amide bonds. The second-order valence-corrected chi connectivity index (χ2v) is 10.8. The van der Waals surface area contributed by atoms with Crippen LogP contribution in [0.15, 0.2) is 115 Å². The first-order chi connectivity index (χ1) is 17.9. The summed E-state index contributed by atoms with van der Waals surface area (Å²) in [5, 5.41) is 13.2. The second kappa shape index (κ2) is 6.63. The first-order valence-electron chi connectivity index (χ1n) is 12.4. The molecule has 0 atom stereocenters. The maximum Gasteiger partial charge on any atom is 0.0554 e. The molecule has 9 rings (SSSR count). The van der Waals surface area contributed by atoms with Gasteiger partial charge in [0, 0.05) is 41.7 Å². The van der Waals surface area contributed by atoms with Crippen LogP contribution < -0.4 is 0 Å². The summed E-state index contributed by atoms with van der Waals surface area (Å²) >= 11 is 1.90. The number of thiophene rings is 1. The number of hydrogen-bond acceptors (Lipinski definition) is 1. The Morgan fingerprint density at radius 1 is 0.389 bits per heavy atom. The van der Waals surface area contributed by atoms with Crippen LogP contribution in [0, 0.1) is 0 Å². The molecule has 0 fully saturated rings. The highest BCUT2D eigenvalue weighted by Gasteiger charge is 2.19. The van der Waals surface area contributed by atoms with Gasteiger partial charge in [0.1, 0.15) is 0 Å².